The van der Waals surface area contributed by atoms with Gasteiger partial charge in [-0.25, -0.2) is 8.42 Å². The summed E-state index contributed by atoms with van der Waals surface area (Å²) >= 11 is 1.61. The second kappa shape index (κ2) is 11.5. The van der Waals surface area contributed by atoms with Crippen LogP contribution in [0, 0.1) is 10.1 Å². The van der Waals surface area contributed by atoms with Crippen molar-refractivity contribution >= 4 is 44.9 Å². The number of nitrogens with two attached hydrogens (primary N) is 1. The summed E-state index contributed by atoms with van der Waals surface area (Å²) in [7, 11) is -3.95. The molecule has 0 bridgehead atoms. The van der Waals surface area contributed by atoms with Crippen molar-refractivity contribution < 1.29 is 18.1 Å². The third-order valence-electron chi connectivity index (χ3n) is 5.70. The number of nitrogens with one attached hydrogen (secondary N) is 1. The number of hydrogen-bond donors (Lipinski definition) is 2. The van der Waals surface area contributed by atoms with E-state index in [4.69, 9.17) is 5.73 Å². The number of anilines is 2. The quantitative estimate of drug-likeness (QED) is 0.168. The average Bonchev–Trinajstić information content (AvgIpc) is 2.91. The van der Waals surface area contributed by atoms with E-state index in [1.54, 1.807) is 17.8 Å². The second-order valence-corrected chi connectivity index (χ2v) is 11.2. The van der Waals surface area contributed by atoms with Crippen molar-refractivity contribution in [2.75, 3.05) is 48.7 Å². The molecule has 0 saturated carbocycles. The number of amides is 1. The second-order valence-electron chi connectivity index (χ2n) is 8.06. The molecule has 1 saturated heterocycles. The largest absolute Gasteiger partial charge is 0.379 e. The first kappa shape index (κ1) is 26.3. The maximum Gasteiger partial charge on any atom is 0.293 e. The first-order chi connectivity index (χ1) is 17.8. The standard InChI is InChI=1S/C23H25N7O5S2/c24-23(31)20-8-9-22(27-26-20)28-11-13-29(14-12-28)37(34,35)18-6-7-19(21(16-18)30(32)33)25-10-15-36-17-4-2-1-3-5-17/h1-9,16,25H,10-15H2,(H2,24,31). The molecule has 0 unspecified atom stereocenters. The van der Waals surface area contributed by atoms with Crippen LogP contribution in [0.3, 0.4) is 0 Å². The fraction of sp³-hybridized carbons (Fsp3) is 0.261. The van der Waals surface area contributed by atoms with E-state index in [9.17, 15) is 23.3 Å². The number of nitro groups is 1. The van der Waals surface area contributed by atoms with Crippen LogP contribution < -0.4 is 16.0 Å². The Labute approximate surface area is 218 Å². The van der Waals surface area contributed by atoms with Gasteiger partial charge in [0.1, 0.15) is 5.69 Å². The lowest BCUT2D eigenvalue weighted by atomic mass is 10.2. The van der Waals surface area contributed by atoms with Crippen molar-refractivity contribution in [3.63, 3.8) is 0 Å². The van der Waals surface area contributed by atoms with Crippen molar-refractivity contribution in [2.45, 2.75) is 9.79 Å². The molecular formula is C23H25N7O5S2. The topological polar surface area (TPSA) is 165 Å². The lowest BCUT2D eigenvalue weighted by Gasteiger charge is -2.34. The molecular weight excluding hydrogens is 518 g/mol. The number of aromatic nitrogens is 2. The summed E-state index contributed by atoms with van der Waals surface area (Å²) < 4.78 is 27.8. The van der Waals surface area contributed by atoms with Crippen LogP contribution in [0.25, 0.3) is 0 Å². The fourth-order valence-corrected chi connectivity index (χ4v) is 6.01. The highest BCUT2D eigenvalue weighted by molar-refractivity contribution is 7.99. The maximum absolute atomic E-state index is 13.2. The van der Waals surface area contributed by atoms with Crippen molar-refractivity contribution in [1.29, 1.82) is 0 Å². The molecule has 37 heavy (non-hydrogen) atoms. The van der Waals surface area contributed by atoms with Gasteiger partial charge in [0.05, 0.1) is 9.82 Å². The van der Waals surface area contributed by atoms with Crippen LogP contribution in [0.2, 0.25) is 0 Å². The van der Waals surface area contributed by atoms with Crippen molar-refractivity contribution in [3.05, 3.63) is 76.5 Å². The number of sulfonamides is 1. The number of primary amides is 1. The van der Waals surface area contributed by atoms with Gasteiger partial charge in [-0.2, -0.15) is 4.31 Å². The van der Waals surface area contributed by atoms with Crippen molar-refractivity contribution in [2.24, 2.45) is 5.73 Å². The van der Waals surface area contributed by atoms with E-state index in [2.05, 4.69) is 15.5 Å². The number of nitrogens with zero attached hydrogens (tertiary/aromatic N) is 5. The predicted octanol–water partition coefficient (Wildman–Crippen LogP) is 2.20. The van der Waals surface area contributed by atoms with E-state index >= 15 is 0 Å². The molecule has 194 valence electrons. The Bertz CT molecular complexity index is 1360. The summed E-state index contributed by atoms with van der Waals surface area (Å²) in [6.45, 7) is 1.46. The van der Waals surface area contributed by atoms with Crippen LogP contribution >= 0.6 is 11.8 Å². The van der Waals surface area contributed by atoms with Crippen LogP contribution in [-0.4, -0.2) is 72.2 Å². The van der Waals surface area contributed by atoms with E-state index in [1.165, 1.54) is 22.5 Å². The predicted molar refractivity (Wildman–Crippen MR) is 140 cm³/mol. The molecule has 0 spiro atoms. The highest BCUT2D eigenvalue weighted by Crippen LogP contribution is 2.30. The van der Waals surface area contributed by atoms with Gasteiger partial charge < -0.3 is 16.0 Å². The van der Waals surface area contributed by atoms with Crippen LogP contribution in [-0.2, 0) is 10.0 Å². The third kappa shape index (κ3) is 6.34. The molecule has 3 aromatic rings. The van der Waals surface area contributed by atoms with E-state index < -0.39 is 20.9 Å². The van der Waals surface area contributed by atoms with Gasteiger partial charge in [-0.15, -0.1) is 22.0 Å². The van der Waals surface area contributed by atoms with Gasteiger partial charge >= 0.3 is 0 Å². The molecule has 0 atom stereocenters. The Balaban J connectivity index is 1.39. The van der Waals surface area contributed by atoms with Crippen LogP contribution in [0.4, 0.5) is 17.2 Å². The highest BCUT2D eigenvalue weighted by atomic mass is 32.2. The summed E-state index contributed by atoms with van der Waals surface area (Å²) in [4.78, 5) is 25.1. The van der Waals surface area contributed by atoms with Gasteiger partial charge in [-0.3, -0.25) is 14.9 Å². The lowest BCUT2D eigenvalue weighted by molar-refractivity contribution is -0.384. The molecule has 0 aliphatic carbocycles. The number of carbonyl (C=O) groups is 1. The van der Waals surface area contributed by atoms with Gasteiger partial charge in [0.25, 0.3) is 11.6 Å². The molecule has 4 rings (SSSR count). The number of carbonyl (C=O) groups excluding carboxylic acids is 1. The summed E-state index contributed by atoms with van der Waals surface area (Å²) in [5.74, 6) is 0.496. The zero-order valence-corrected chi connectivity index (χ0v) is 21.3. The summed E-state index contributed by atoms with van der Waals surface area (Å²) in [6.07, 6.45) is 0. The SMILES string of the molecule is NC(=O)c1ccc(N2CCN(S(=O)(=O)c3ccc(NCCSc4ccccc4)c([N+](=O)[O-])c3)CC2)nn1. The zero-order valence-electron chi connectivity index (χ0n) is 19.7. The number of hydrogen-bond acceptors (Lipinski definition) is 10. The lowest BCUT2D eigenvalue weighted by Crippen LogP contribution is -2.49. The van der Waals surface area contributed by atoms with E-state index in [-0.39, 0.29) is 35.1 Å². The minimum Gasteiger partial charge on any atom is -0.379 e. The Morgan fingerprint density at radius 1 is 1.05 bits per heavy atom. The Kier molecular flexibility index (Phi) is 8.21. The van der Waals surface area contributed by atoms with Gasteiger partial charge in [0.2, 0.25) is 10.0 Å². The first-order valence-corrected chi connectivity index (χ1v) is 13.8. The molecule has 2 heterocycles. The highest BCUT2D eigenvalue weighted by Gasteiger charge is 2.31. The smallest absolute Gasteiger partial charge is 0.293 e. The number of benzene rings is 2. The van der Waals surface area contributed by atoms with Gasteiger partial charge in [-0.05, 0) is 36.4 Å². The Morgan fingerprint density at radius 2 is 1.78 bits per heavy atom. The van der Waals surface area contributed by atoms with Crippen molar-refractivity contribution in [1.82, 2.24) is 14.5 Å². The normalized spacial score (nSPS) is 14.3. The van der Waals surface area contributed by atoms with Crippen molar-refractivity contribution in [3.8, 4) is 0 Å². The summed E-state index contributed by atoms with van der Waals surface area (Å²) in [6, 6.07) is 16.8. The van der Waals surface area contributed by atoms with E-state index in [1.807, 2.05) is 35.2 Å². The molecule has 14 heteroatoms. The maximum atomic E-state index is 13.2. The summed E-state index contributed by atoms with van der Waals surface area (Å²) in [5, 5.41) is 22.5. The number of rotatable bonds is 10. The molecule has 3 N–H and O–H groups in total. The van der Waals surface area contributed by atoms with Gasteiger partial charge in [0, 0.05) is 49.4 Å². The summed E-state index contributed by atoms with van der Waals surface area (Å²) in [5.41, 5.74) is 5.19. The molecule has 1 aromatic heterocycles. The zero-order chi connectivity index (χ0) is 26.4. The number of piperazine rings is 1. The fourth-order valence-electron chi connectivity index (χ4n) is 3.78. The van der Waals surface area contributed by atoms with Crippen LogP contribution in [0.1, 0.15) is 10.5 Å². The minimum absolute atomic E-state index is 0.0412. The number of thioether (sulfide) groups is 1. The van der Waals surface area contributed by atoms with Gasteiger partial charge in [-0.1, -0.05) is 18.2 Å². The molecule has 1 aliphatic rings. The monoisotopic (exact) mass is 543 g/mol. The van der Waals surface area contributed by atoms with Crippen LogP contribution in [0.5, 0.6) is 0 Å². The third-order valence-corrected chi connectivity index (χ3v) is 8.61. The molecule has 1 amide bonds. The molecule has 12 nitrogen and oxygen atoms in total. The van der Waals surface area contributed by atoms with E-state index in [0.717, 1.165) is 11.0 Å². The number of nitro benzene ring substituents is 1. The first-order valence-electron chi connectivity index (χ1n) is 11.3. The minimum atomic E-state index is -3.95. The molecule has 1 fully saturated rings. The van der Waals surface area contributed by atoms with E-state index in [0.29, 0.717) is 31.2 Å². The Morgan fingerprint density at radius 3 is 2.41 bits per heavy atom. The van der Waals surface area contributed by atoms with Gasteiger partial charge in [0.15, 0.2) is 11.5 Å². The Hall–Kier alpha value is -3.75. The average molecular weight is 544 g/mol. The molecule has 0 radical (unpaired) electrons. The molecule has 2 aromatic carbocycles. The molecule has 1 aliphatic heterocycles. The van der Waals surface area contributed by atoms with Crippen LogP contribution in [0.15, 0.2) is 70.5 Å².